The van der Waals surface area contributed by atoms with E-state index in [2.05, 4.69) is 102 Å². The predicted molar refractivity (Wildman–Crippen MR) is 116 cm³/mol. The molecule has 0 spiro atoms. The molecule has 0 fully saturated rings. The number of halogens is 1. The number of hydrogen-bond donors (Lipinski definition) is 0. The average Bonchev–Trinajstić information content (AvgIpc) is 2.74. The molecule has 0 aliphatic heterocycles. The molecule has 1 aliphatic carbocycles. The third-order valence-corrected chi connectivity index (χ3v) is 4.20. The summed E-state index contributed by atoms with van der Waals surface area (Å²) in [7, 11) is 0. The second kappa shape index (κ2) is 9.04. The van der Waals surface area contributed by atoms with Gasteiger partial charge in [-0.1, -0.05) is 101 Å². The second-order valence-corrected chi connectivity index (χ2v) is 10.1. The van der Waals surface area contributed by atoms with E-state index in [-0.39, 0.29) is 12.8 Å². The lowest BCUT2D eigenvalue weighted by Crippen LogP contribution is -2.11. The fourth-order valence-electron chi connectivity index (χ4n) is 2.43. The van der Waals surface area contributed by atoms with Gasteiger partial charge < -0.3 is 0 Å². The van der Waals surface area contributed by atoms with Crippen LogP contribution in [0.5, 0.6) is 0 Å². The van der Waals surface area contributed by atoms with Crippen LogP contribution >= 0.6 is 15.9 Å². The number of rotatable bonds is 1. The summed E-state index contributed by atoms with van der Waals surface area (Å²) < 4.78 is 1.23. The Hall–Kier alpha value is -0.820. The first kappa shape index (κ1) is 23.2. The van der Waals surface area contributed by atoms with Gasteiger partial charge in [-0.15, -0.1) is 0 Å². The summed E-state index contributed by atoms with van der Waals surface area (Å²) in [5.74, 6) is 0. The molecule has 0 heterocycles. The Bertz CT molecular complexity index is 585. The molecule has 24 heavy (non-hydrogen) atoms. The monoisotopic (exact) mass is 392 g/mol. The van der Waals surface area contributed by atoms with Gasteiger partial charge in [0.1, 0.15) is 0 Å². The van der Waals surface area contributed by atoms with Crippen molar-refractivity contribution in [3.05, 3.63) is 51.0 Å². The zero-order valence-electron chi connectivity index (χ0n) is 16.2. The molecule has 0 unspecified atom stereocenters. The Kier molecular flexibility index (Phi) is 8.73. The van der Waals surface area contributed by atoms with Gasteiger partial charge in [0.25, 0.3) is 0 Å². The summed E-state index contributed by atoms with van der Waals surface area (Å²) in [5, 5.41) is 0. The third-order valence-electron chi connectivity index (χ3n) is 3.88. The zero-order valence-corrected chi connectivity index (χ0v) is 17.8. The van der Waals surface area contributed by atoms with Gasteiger partial charge in [0.05, 0.1) is 0 Å². The van der Waals surface area contributed by atoms with E-state index < -0.39 is 0 Å². The van der Waals surface area contributed by atoms with Crippen LogP contribution in [0.4, 0.5) is 0 Å². The standard InChI is InChI=1S/C14H18.C8H15Br.CH4/c1-10-7-11-5-6-13(14(2,3)4)9-12(11)8-10;1-7(9)5-6-8(2,3)4;/h5-7,9H,8H2,1-4H3;5H,6H2,1-4H3;1H4/b;7-5+;. The highest BCUT2D eigenvalue weighted by molar-refractivity contribution is 9.11. The number of fused-ring (bicyclic) bond motifs is 1. The van der Waals surface area contributed by atoms with Crippen LogP contribution in [0.2, 0.25) is 0 Å². The summed E-state index contributed by atoms with van der Waals surface area (Å²) in [5.41, 5.74) is 6.52. The minimum absolute atomic E-state index is 0. The molecule has 0 amide bonds. The van der Waals surface area contributed by atoms with E-state index >= 15 is 0 Å². The van der Waals surface area contributed by atoms with Crippen molar-refractivity contribution in [1.29, 1.82) is 0 Å². The molecule has 0 radical (unpaired) electrons. The number of hydrogen-bond acceptors (Lipinski definition) is 0. The van der Waals surface area contributed by atoms with Gasteiger partial charge >= 0.3 is 0 Å². The first-order chi connectivity index (χ1) is 10.4. The van der Waals surface area contributed by atoms with Gasteiger partial charge in [-0.25, -0.2) is 0 Å². The van der Waals surface area contributed by atoms with E-state index in [1.165, 1.54) is 26.7 Å². The lowest BCUT2D eigenvalue weighted by Gasteiger charge is -2.19. The van der Waals surface area contributed by atoms with Crippen molar-refractivity contribution in [2.45, 2.75) is 81.1 Å². The van der Waals surface area contributed by atoms with E-state index in [4.69, 9.17) is 0 Å². The van der Waals surface area contributed by atoms with E-state index in [1.54, 1.807) is 0 Å². The van der Waals surface area contributed by atoms with E-state index in [9.17, 15) is 0 Å². The van der Waals surface area contributed by atoms with Crippen LogP contribution in [-0.2, 0) is 11.8 Å². The van der Waals surface area contributed by atoms with Crippen LogP contribution in [0, 0.1) is 5.41 Å². The van der Waals surface area contributed by atoms with Gasteiger partial charge in [-0.05, 0) is 58.7 Å². The van der Waals surface area contributed by atoms with Crippen molar-refractivity contribution >= 4 is 22.0 Å². The van der Waals surface area contributed by atoms with E-state index in [0.717, 1.165) is 12.8 Å². The smallest absolute Gasteiger partial charge is 0.00605 e. The molecule has 0 nitrogen and oxygen atoms in total. The maximum atomic E-state index is 3.39. The van der Waals surface area contributed by atoms with Crippen LogP contribution in [0.3, 0.4) is 0 Å². The Morgan fingerprint density at radius 1 is 1.12 bits per heavy atom. The molecule has 1 heteroatoms. The van der Waals surface area contributed by atoms with Crippen molar-refractivity contribution in [1.82, 2.24) is 0 Å². The predicted octanol–water partition coefficient (Wildman–Crippen LogP) is 8.30. The molecule has 1 aliphatic rings. The maximum Gasteiger partial charge on any atom is -0.00605 e. The highest BCUT2D eigenvalue weighted by atomic mass is 79.9. The Morgan fingerprint density at radius 3 is 2.12 bits per heavy atom. The fraction of sp³-hybridized carbons (Fsp3) is 0.565. The zero-order chi connectivity index (χ0) is 17.8. The van der Waals surface area contributed by atoms with E-state index in [0.29, 0.717) is 5.41 Å². The van der Waals surface area contributed by atoms with E-state index in [1.807, 2.05) is 0 Å². The van der Waals surface area contributed by atoms with Gasteiger partial charge in [0, 0.05) is 0 Å². The summed E-state index contributed by atoms with van der Waals surface area (Å²) in [6.07, 6.45) is 6.78. The minimum atomic E-state index is 0. The van der Waals surface area contributed by atoms with Gasteiger partial charge in [-0.3, -0.25) is 0 Å². The SMILES string of the molecule is C.C/C(Br)=C\CC(C)(C)C.CC1=Cc2ccc(C(C)(C)C)cc2C1. The van der Waals surface area contributed by atoms with Crippen LogP contribution < -0.4 is 0 Å². The molecular formula is C23H37Br. The molecule has 0 saturated carbocycles. The third kappa shape index (κ3) is 8.33. The van der Waals surface area contributed by atoms with Crippen LogP contribution in [-0.4, -0.2) is 0 Å². The molecule has 0 bridgehead atoms. The molecule has 0 aromatic heterocycles. The largest absolute Gasteiger partial charge is 0.0776 e. The van der Waals surface area contributed by atoms with Crippen molar-refractivity contribution < 1.29 is 0 Å². The van der Waals surface area contributed by atoms with Crippen LogP contribution in [0.25, 0.3) is 6.08 Å². The first-order valence-corrected chi connectivity index (χ1v) is 9.30. The van der Waals surface area contributed by atoms with Crippen molar-refractivity contribution in [2.24, 2.45) is 5.41 Å². The minimum Gasteiger partial charge on any atom is -0.0776 e. The maximum absolute atomic E-state index is 3.39. The summed E-state index contributed by atoms with van der Waals surface area (Å²) in [4.78, 5) is 0. The Labute approximate surface area is 159 Å². The fourth-order valence-corrected chi connectivity index (χ4v) is 2.59. The number of benzene rings is 1. The van der Waals surface area contributed by atoms with Crippen LogP contribution in [0.1, 0.15) is 85.9 Å². The first-order valence-electron chi connectivity index (χ1n) is 8.51. The lowest BCUT2D eigenvalue weighted by molar-refractivity contribution is 0.420. The molecule has 0 N–H and O–H groups in total. The van der Waals surface area contributed by atoms with Crippen molar-refractivity contribution in [3.8, 4) is 0 Å². The van der Waals surface area contributed by atoms with Crippen molar-refractivity contribution in [2.75, 3.05) is 0 Å². The molecule has 1 aromatic rings. The highest BCUT2D eigenvalue weighted by Crippen LogP contribution is 2.30. The van der Waals surface area contributed by atoms with Gasteiger partial charge in [0.15, 0.2) is 0 Å². The summed E-state index contributed by atoms with van der Waals surface area (Å²) in [6.45, 7) is 17.8. The van der Waals surface area contributed by atoms with Gasteiger partial charge in [-0.2, -0.15) is 0 Å². The quantitative estimate of drug-likeness (QED) is 0.450. The average molecular weight is 393 g/mol. The Balaban J connectivity index is 0.000000468. The molecule has 0 saturated heterocycles. The van der Waals surface area contributed by atoms with Gasteiger partial charge in [0.2, 0.25) is 0 Å². The number of allylic oxidation sites excluding steroid dienone is 3. The second-order valence-electron chi connectivity index (χ2n) is 8.89. The highest BCUT2D eigenvalue weighted by Gasteiger charge is 2.17. The lowest BCUT2D eigenvalue weighted by atomic mass is 9.85. The van der Waals surface area contributed by atoms with Crippen molar-refractivity contribution in [3.63, 3.8) is 0 Å². The molecule has 136 valence electrons. The molecule has 2 rings (SSSR count). The Morgan fingerprint density at radius 2 is 1.71 bits per heavy atom. The summed E-state index contributed by atoms with van der Waals surface area (Å²) >= 11 is 3.39. The molecule has 0 atom stereocenters. The topological polar surface area (TPSA) is 0 Å². The molecule has 1 aromatic carbocycles. The normalized spacial score (nSPS) is 14.2. The molecular weight excluding hydrogens is 356 g/mol. The summed E-state index contributed by atoms with van der Waals surface area (Å²) in [6, 6.07) is 6.88. The van der Waals surface area contributed by atoms with Crippen LogP contribution in [0.15, 0.2) is 34.3 Å².